The van der Waals surface area contributed by atoms with Crippen LogP contribution < -0.4 is 9.64 Å². The lowest BCUT2D eigenvalue weighted by Crippen LogP contribution is -2.46. The van der Waals surface area contributed by atoms with Gasteiger partial charge >= 0.3 is 0 Å². The topological polar surface area (TPSA) is 59.0 Å². The average Bonchev–Trinajstić information content (AvgIpc) is 2.97. The maximum Gasteiger partial charge on any atom is 0.224 e. The van der Waals surface area contributed by atoms with Crippen molar-refractivity contribution in [3.63, 3.8) is 0 Å². The lowest BCUT2D eigenvalue weighted by atomic mass is 9.68. The summed E-state index contributed by atoms with van der Waals surface area (Å²) in [6.07, 6.45) is 1.19. The molecule has 1 aliphatic carbocycles. The fraction of sp³-hybridized carbons (Fsp3) is 0.300. The summed E-state index contributed by atoms with van der Waals surface area (Å²) in [5.74, 6) is 0.288. The first-order valence-corrected chi connectivity index (χ1v) is 12.1. The number of ketones is 1. The van der Waals surface area contributed by atoms with Gasteiger partial charge in [-0.2, -0.15) is 0 Å². The minimum absolute atomic E-state index is 0.110. The Bertz CT molecular complexity index is 1280. The van der Waals surface area contributed by atoms with Crippen molar-refractivity contribution in [3.05, 3.63) is 90.0 Å². The molecule has 0 saturated heterocycles. The lowest BCUT2D eigenvalue weighted by Gasteiger charge is -2.40. The van der Waals surface area contributed by atoms with Gasteiger partial charge in [0.05, 0.1) is 23.3 Å². The standard InChI is InChI=1S/C30H30N2O3/c1-20(33)32-26-12-8-7-11-24(26)31-25-17-30(2,3)18-27(34)28(25)29(32)22-13-15-23(16-14-22)35-19-21-9-5-4-6-10-21/h4-16,28-29H,17-19H2,1-3H3/t28?,29-/m1/s1. The van der Waals surface area contributed by atoms with E-state index in [1.165, 1.54) is 0 Å². The Kier molecular flexibility index (Phi) is 6.01. The Morgan fingerprint density at radius 2 is 1.66 bits per heavy atom. The number of fused-ring (bicyclic) bond motifs is 2. The predicted molar refractivity (Wildman–Crippen MR) is 138 cm³/mol. The van der Waals surface area contributed by atoms with Crippen molar-refractivity contribution in [2.45, 2.75) is 46.3 Å². The molecule has 1 fully saturated rings. The van der Waals surface area contributed by atoms with Crippen molar-refractivity contribution in [1.82, 2.24) is 0 Å². The molecular formula is C30H30N2O3. The molecular weight excluding hydrogens is 436 g/mol. The molecule has 0 aromatic heterocycles. The van der Waals surface area contributed by atoms with Gasteiger partial charge < -0.3 is 9.64 Å². The van der Waals surface area contributed by atoms with Gasteiger partial charge in [0.2, 0.25) is 5.91 Å². The first kappa shape index (κ1) is 23.0. The van der Waals surface area contributed by atoms with Crippen molar-refractivity contribution in [1.29, 1.82) is 0 Å². The van der Waals surface area contributed by atoms with Gasteiger partial charge in [0.15, 0.2) is 0 Å². The van der Waals surface area contributed by atoms with E-state index in [4.69, 9.17) is 9.73 Å². The lowest BCUT2D eigenvalue weighted by molar-refractivity contribution is -0.124. The molecule has 0 N–H and O–H groups in total. The summed E-state index contributed by atoms with van der Waals surface area (Å²) in [6, 6.07) is 25.0. The van der Waals surface area contributed by atoms with Gasteiger partial charge in [0, 0.05) is 19.1 Å². The van der Waals surface area contributed by atoms with Crippen molar-refractivity contribution in [2.24, 2.45) is 16.3 Å². The van der Waals surface area contributed by atoms with Crippen molar-refractivity contribution >= 4 is 28.8 Å². The highest BCUT2D eigenvalue weighted by atomic mass is 16.5. The molecule has 5 nitrogen and oxygen atoms in total. The smallest absolute Gasteiger partial charge is 0.224 e. The number of ether oxygens (including phenoxy) is 1. The van der Waals surface area contributed by atoms with E-state index in [0.29, 0.717) is 13.0 Å². The molecule has 5 heteroatoms. The molecule has 2 atom stereocenters. The highest BCUT2D eigenvalue weighted by Gasteiger charge is 2.47. The molecule has 1 aliphatic heterocycles. The highest BCUT2D eigenvalue weighted by molar-refractivity contribution is 6.12. The number of carbonyl (C=O) groups excluding carboxylic acids is 2. The summed E-state index contributed by atoms with van der Waals surface area (Å²) < 4.78 is 5.97. The van der Waals surface area contributed by atoms with Gasteiger partial charge in [-0.1, -0.05) is 68.4 Å². The third kappa shape index (κ3) is 4.63. The zero-order valence-corrected chi connectivity index (χ0v) is 20.4. The minimum Gasteiger partial charge on any atom is -0.489 e. The van der Waals surface area contributed by atoms with E-state index in [1.807, 2.05) is 78.9 Å². The summed E-state index contributed by atoms with van der Waals surface area (Å²) in [5.41, 5.74) is 4.16. The van der Waals surface area contributed by atoms with Gasteiger partial charge in [0.25, 0.3) is 0 Å². The summed E-state index contributed by atoms with van der Waals surface area (Å²) in [7, 11) is 0. The molecule has 3 aromatic carbocycles. The Balaban J connectivity index is 1.54. The molecule has 0 radical (unpaired) electrons. The van der Waals surface area contributed by atoms with Gasteiger partial charge in [0.1, 0.15) is 18.1 Å². The zero-order valence-electron chi connectivity index (χ0n) is 20.4. The fourth-order valence-corrected chi connectivity index (χ4v) is 5.32. The van der Waals surface area contributed by atoms with E-state index in [1.54, 1.807) is 11.8 Å². The maximum absolute atomic E-state index is 13.6. The summed E-state index contributed by atoms with van der Waals surface area (Å²) in [6.45, 7) is 6.25. The van der Waals surface area contributed by atoms with Crippen LogP contribution in [0.3, 0.4) is 0 Å². The van der Waals surface area contributed by atoms with Crippen LogP contribution in [0.5, 0.6) is 5.75 Å². The molecule has 0 bridgehead atoms. The van der Waals surface area contributed by atoms with Crippen molar-refractivity contribution < 1.29 is 14.3 Å². The first-order valence-electron chi connectivity index (χ1n) is 12.1. The van der Waals surface area contributed by atoms with E-state index >= 15 is 0 Å². The van der Waals surface area contributed by atoms with E-state index in [9.17, 15) is 9.59 Å². The third-order valence-corrected chi connectivity index (χ3v) is 6.83. The number of anilines is 1. The third-order valence-electron chi connectivity index (χ3n) is 6.83. The second-order valence-corrected chi connectivity index (χ2v) is 10.2. The monoisotopic (exact) mass is 466 g/mol. The highest BCUT2D eigenvalue weighted by Crippen LogP contribution is 2.48. The van der Waals surface area contributed by atoms with Crippen LogP contribution in [-0.2, 0) is 16.2 Å². The predicted octanol–water partition coefficient (Wildman–Crippen LogP) is 6.45. The van der Waals surface area contributed by atoms with Gasteiger partial charge in [-0.05, 0) is 47.2 Å². The summed E-state index contributed by atoms with van der Waals surface area (Å²) in [5, 5.41) is 0. The number of amides is 1. The summed E-state index contributed by atoms with van der Waals surface area (Å²) in [4.78, 5) is 33.4. The number of benzene rings is 3. The van der Waals surface area contributed by atoms with E-state index < -0.39 is 12.0 Å². The Labute approximate surface area is 206 Å². The molecule has 1 amide bonds. The number of rotatable bonds is 4. The van der Waals surface area contributed by atoms with E-state index in [2.05, 4.69) is 13.8 Å². The van der Waals surface area contributed by atoms with Crippen molar-refractivity contribution in [3.8, 4) is 5.75 Å². The van der Waals surface area contributed by atoms with Crippen LogP contribution in [0, 0.1) is 11.3 Å². The normalized spacial score (nSPS) is 20.8. The Hall–Kier alpha value is -3.73. The van der Waals surface area contributed by atoms with Gasteiger partial charge in [-0.3, -0.25) is 14.6 Å². The number of para-hydroxylation sites is 2. The van der Waals surface area contributed by atoms with E-state index in [0.717, 1.165) is 40.4 Å². The molecule has 178 valence electrons. The molecule has 3 aromatic rings. The quantitative estimate of drug-likeness (QED) is 0.444. The molecule has 5 rings (SSSR count). The van der Waals surface area contributed by atoms with Crippen LogP contribution in [0.15, 0.2) is 83.9 Å². The number of hydrogen-bond acceptors (Lipinski definition) is 4. The molecule has 2 aliphatic rings. The van der Waals surface area contributed by atoms with Crippen LogP contribution in [0.25, 0.3) is 0 Å². The number of hydrogen-bond donors (Lipinski definition) is 0. The Morgan fingerprint density at radius 3 is 2.37 bits per heavy atom. The zero-order chi connectivity index (χ0) is 24.6. The van der Waals surface area contributed by atoms with Crippen LogP contribution in [0.1, 0.15) is 50.8 Å². The second-order valence-electron chi connectivity index (χ2n) is 10.2. The SMILES string of the molecule is CC(=O)N1c2ccccc2N=C2CC(C)(C)CC(=O)C2[C@H]1c1ccc(OCc2ccccc2)cc1. The first-order chi connectivity index (χ1) is 16.8. The van der Waals surface area contributed by atoms with Gasteiger partial charge in [-0.25, -0.2) is 0 Å². The van der Waals surface area contributed by atoms with Crippen LogP contribution in [0.2, 0.25) is 0 Å². The van der Waals surface area contributed by atoms with Crippen molar-refractivity contribution in [2.75, 3.05) is 4.90 Å². The minimum atomic E-state index is -0.476. The molecule has 0 spiro atoms. The number of carbonyl (C=O) groups is 2. The second kappa shape index (κ2) is 9.14. The number of nitrogens with zero attached hydrogens (tertiary/aromatic N) is 2. The molecule has 1 heterocycles. The van der Waals surface area contributed by atoms with Crippen LogP contribution in [0.4, 0.5) is 11.4 Å². The van der Waals surface area contributed by atoms with Crippen LogP contribution in [-0.4, -0.2) is 17.4 Å². The summed E-state index contributed by atoms with van der Waals surface area (Å²) >= 11 is 0. The fourth-order valence-electron chi connectivity index (χ4n) is 5.32. The molecule has 1 saturated carbocycles. The molecule has 35 heavy (non-hydrogen) atoms. The maximum atomic E-state index is 13.6. The average molecular weight is 467 g/mol. The van der Waals surface area contributed by atoms with Gasteiger partial charge in [-0.15, -0.1) is 0 Å². The van der Waals surface area contributed by atoms with Crippen LogP contribution >= 0.6 is 0 Å². The Morgan fingerprint density at radius 1 is 0.971 bits per heavy atom. The largest absolute Gasteiger partial charge is 0.489 e. The molecule has 1 unspecified atom stereocenters. The number of Topliss-reactive ketones (excluding diaryl/α,β-unsaturated/α-hetero) is 1. The number of aliphatic imine (C=N–C) groups is 1. The van der Waals surface area contributed by atoms with E-state index in [-0.39, 0.29) is 17.1 Å².